The van der Waals surface area contributed by atoms with E-state index in [0.717, 1.165) is 0 Å². The van der Waals surface area contributed by atoms with Gasteiger partial charge in [-0.2, -0.15) is 4.39 Å². The topological polar surface area (TPSA) is 55.8 Å². The molecule has 0 saturated heterocycles. The largest absolute Gasteiger partial charge is 0.491 e. The summed E-state index contributed by atoms with van der Waals surface area (Å²) in [6.07, 6.45) is 0. The van der Waals surface area contributed by atoms with Crippen molar-refractivity contribution in [2.24, 2.45) is 0 Å². The van der Waals surface area contributed by atoms with Crippen molar-refractivity contribution in [1.29, 1.82) is 0 Å². The fourth-order valence-corrected chi connectivity index (χ4v) is 3.53. The first-order chi connectivity index (χ1) is 16.9. The summed E-state index contributed by atoms with van der Waals surface area (Å²) >= 11 is 0. The number of aliphatic hydroxyl groups is 1. The third-order valence-electron chi connectivity index (χ3n) is 5.38. The van der Waals surface area contributed by atoms with E-state index in [9.17, 15) is 18.0 Å². The highest BCUT2D eigenvalue weighted by Gasteiger charge is 2.19. The van der Waals surface area contributed by atoms with Crippen LogP contribution >= 0.6 is 0 Å². The molecule has 0 heterocycles. The summed E-state index contributed by atoms with van der Waals surface area (Å²) in [6, 6.07) is 19.5. The lowest BCUT2D eigenvalue weighted by molar-refractivity contribution is 0.0726. The molecule has 4 nitrogen and oxygen atoms in total. The van der Waals surface area contributed by atoms with Crippen LogP contribution in [0.3, 0.4) is 0 Å². The maximum atomic E-state index is 14.7. The molecule has 4 aromatic rings. The SMILES string of the molecule is CCOc1ccc(-c2ccc(C(=O)Oc3ccc(-c4ccc(CO)cc4)c(F)c3F)cc2)cc1F. The van der Waals surface area contributed by atoms with Crippen LogP contribution in [-0.2, 0) is 6.61 Å². The summed E-state index contributed by atoms with van der Waals surface area (Å²) in [7, 11) is 0. The molecule has 1 N–H and O–H groups in total. The van der Waals surface area contributed by atoms with E-state index in [1.807, 2.05) is 0 Å². The van der Waals surface area contributed by atoms with Crippen LogP contribution < -0.4 is 9.47 Å². The Morgan fingerprint density at radius 1 is 0.771 bits per heavy atom. The smallest absolute Gasteiger partial charge is 0.343 e. The van der Waals surface area contributed by atoms with Gasteiger partial charge in [-0.1, -0.05) is 42.5 Å². The minimum absolute atomic E-state index is 0.00118. The fraction of sp³-hybridized carbons (Fsp3) is 0.107. The molecule has 0 amide bonds. The summed E-state index contributed by atoms with van der Waals surface area (Å²) in [5.74, 6) is -4.20. The molecule has 0 aliphatic heterocycles. The van der Waals surface area contributed by atoms with Crippen LogP contribution in [0.4, 0.5) is 13.2 Å². The number of benzene rings is 4. The highest BCUT2D eigenvalue weighted by Crippen LogP contribution is 2.31. The zero-order valence-electron chi connectivity index (χ0n) is 18.7. The molecule has 35 heavy (non-hydrogen) atoms. The lowest BCUT2D eigenvalue weighted by Gasteiger charge is -2.10. The summed E-state index contributed by atoms with van der Waals surface area (Å²) < 4.78 is 53.7. The molecule has 178 valence electrons. The Morgan fingerprint density at radius 2 is 1.40 bits per heavy atom. The number of hydrogen-bond donors (Lipinski definition) is 1. The molecule has 0 aromatic heterocycles. The first-order valence-electron chi connectivity index (χ1n) is 10.8. The minimum Gasteiger partial charge on any atom is -0.491 e. The van der Waals surface area contributed by atoms with E-state index in [1.165, 1.54) is 36.4 Å². The van der Waals surface area contributed by atoms with Gasteiger partial charge in [0, 0.05) is 5.56 Å². The Morgan fingerprint density at radius 3 is 2.03 bits per heavy atom. The lowest BCUT2D eigenvalue weighted by Crippen LogP contribution is -2.10. The molecule has 0 aliphatic rings. The van der Waals surface area contributed by atoms with Gasteiger partial charge in [-0.05, 0) is 65.6 Å². The van der Waals surface area contributed by atoms with Crippen molar-refractivity contribution < 1.29 is 32.5 Å². The number of rotatable bonds is 7. The van der Waals surface area contributed by atoms with Gasteiger partial charge in [0.25, 0.3) is 0 Å². The number of carbonyl (C=O) groups excluding carboxylic acids is 1. The van der Waals surface area contributed by atoms with E-state index >= 15 is 0 Å². The first-order valence-corrected chi connectivity index (χ1v) is 10.8. The van der Waals surface area contributed by atoms with Crippen molar-refractivity contribution in [2.75, 3.05) is 6.61 Å². The van der Waals surface area contributed by atoms with Crippen molar-refractivity contribution in [3.63, 3.8) is 0 Å². The molecule has 0 atom stereocenters. The van der Waals surface area contributed by atoms with Gasteiger partial charge in [0.15, 0.2) is 23.1 Å². The second-order valence-electron chi connectivity index (χ2n) is 7.64. The summed E-state index contributed by atoms with van der Waals surface area (Å²) in [6.45, 7) is 1.94. The number of carbonyl (C=O) groups is 1. The van der Waals surface area contributed by atoms with Gasteiger partial charge in [-0.15, -0.1) is 0 Å². The van der Waals surface area contributed by atoms with Crippen LogP contribution in [0.15, 0.2) is 78.9 Å². The van der Waals surface area contributed by atoms with Crippen molar-refractivity contribution in [2.45, 2.75) is 13.5 Å². The van der Waals surface area contributed by atoms with E-state index in [1.54, 1.807) is 49.4 Å². The molecule has 0 spiro atoms. The van der Waals surface area contributed by atoms with E-state index < -0.39 is 29.2 Å². The third-order valence-corrected chi connectivity index (χ3v) is 5.38. The van der Waals surface area contributed by atoms with Crippen molar-refractivity contribution in [3.8, 4) is 33.8 Å². The fourth-order valence-electron chi connectivity index (χ4n) is 3.53. The number of aliphatic hydroxyl groups excluding tert-OH is 1. The molecule has 0 fully saturated rings. The van der Waals surface area contributed by atoms with Crippen molar-refractivity contribution in [1.82, 2.24) is 0 Å². The van der Waals surface area contributed by atoms with Gasteiger partial charge in [-0.3, -0.25) is 0 Å². The van der Waals surface area contributed by atoms with Crippen molar-refractivity contribution >= 4 is 5.97 Å². The van der Waals surface area contributed by atoms with Gasteiger partial charge < -0.3 is 14.6 Å². The monoisotopic (exact) mass is 478 g/mol. The zero-order chi connectivity index (χ0) is 24.9. The molecule has 0 radical (unpaired) electrons. The second kappa shape index (κ2) is 10.4. The Labute approximate surface area is 200 Å². The second-order valence-corrected chi connectivity index (χ2v) is 7.64. The first kappa shape index (κ1) is 24.0. The molecule has 4 aromatic carbocycles. The molecule has 0 aliphatic carbocycles. The summed E-state index contributed by atoms with van der Waals surface area (Å²) in [5, 5.41) is 9.12. The Kier molecular flexibility index (Phi) is 7.17. The number of ether oxygens (including phenoxy) is 2. The van der Waals surface area contributed by atoms with Crippen LogP contribution in [-0.4, -0.2) is 17.7 Å². The normalized spacial score (nSPS) is 10.8. The molecular formula is C28H21F3O4. The predicted molar refractivity (Wildman–Crippen MR) is 126 cm³/mol. The van der Waals surface area contributed by atoms with Crippen LogP contribution in [0, 0.1) is 17.5 Å². The van der Waals surface area contributed by atoms with Gasteiger partial charge in [0.05, 0.1) is 18.8 Å². The van der Waals surface area contributed by atoms with E-state index in [4.69, 9.17) is 14.6 Å². The van der Waals surface area contributed by atoms with Gasteiger partial charge >= 0.3 is 5.97 Å². The van der Waals surface area contributed by atoms with E-state index in [0.29, 0.717) is 28.9 Å². The maximum Gasteiger partial charge on any atom is 0.343 e. The lowest BCUT2D eigenvalue weighted by atomic mass is 10.0. The van der Waals surface area contributed by atoms with Gasteiger partial charge in [-0.25, -0.2) is 13.6 Å². The Hall–Kier alpha value is -4.10. The quantitative estimate of drug-likeness (QED) is 0.242. The van der Waals surface area contributed by atoms with Crippen LogP contribution in [0.1, 0.15) is 22.8 Å². The van der Waals surface area contributed by atoms with Gasteiger partial charge in [0.2, 0.25) is 5.82 Å². The Bertz CT molecular complexity index is 1350. The number of esters is 1. The maximum absolute atomic E-state index is 14.7. The third kappa shape index (κ3) is 5.20. The Balaban J connectivity index is 1.50. The molecule has 4 rings (SSSR count). The molecular weight excluding hydrogens is 457 g/mol. The average molecular weight is 478 g/mol. The zero-order valence-corrected chi connectivity index (χ0v) is 18.7. The number of halogens is 3. The van der Waals surface area contributed by atoms with Crippen LogP contribution in [0.2, 0.25) is 0 Å². The standard InChI is InChI=1S/C28H21F3O4/c1-2-34-24-13-11-21(15-23(24)29)18-7-9-20(10-8-18)28(33)35-25-14-12-22(26(30)27(25)31)19-5-3-17(16-32)4-6-19/h3-15,32H,2,16H2,1H3. The summed E-state index contributed by atoms with van der Waals surface area (Å²) in [4.78, 5) is 12.5. The number of hydrogen-bond acceptors (Lipinski definition) is 4. The molecule has 7 heteroatoms. The summed E-state index contributed by atoms with van der Waals surface area (Å²) in [5.41, 5.74) is 2.40. The average Bonchev–Trinajstić information content (AvgIpc) is 2.88. The van der Waals surface area contributed by atoms with Crippen LogP contribution in [0.5, 0.6) is 11.5 Å². The van der Waals surface area contributed by atoms with Gasteiger partial charge in [0.1, 0.15) is 0 Å². The minimum atomic E-state index is -1.29. The predicted octanol–water partition coefficient (Wildman–Crippen LogP) is 6.55. The van der Waals surface area contributed by atoms with Crippen molar-refractivity contribution in [3.05, 3.63) is 107 Å². The highest BCUT2D eigenvalue weighted by atomic mass is 19.2. The molecule has 0 unspecified atom stereocenters. The molecule has 0 saturated carbocycles. The van der Waals surface area contributed by atoms with E-state index in [-0.39, 0.29) is 23.5 Å². The molecule has 0 bridgehead atoms. The van der Waals surface area contributed by atoms with Crippen LogP contribution in [0.25, 0.3) is 22.3 Å². The van der Waals surface area contributed by atoms with E-state index in [2.05, 4.69) is 0 Å². The highest BCUT2D eigenvalue weighted by molar-refractivity contribution is 5.91.